The molecule has 0 aliphatic carbocycles. The van der Waals surface area contributed by atoms with Crippen molar-refractivity contribution in [1.29, 1.82) is 0 Å². The van der Waals surface area contributed by atoms with Crippen molar-refractivity contribution in [1.82, 2.24) is 20.2 Å². The molecule has 2 heterocycles. The van der Waals surface area contributed by atoms with Crippen molar-refractivity contribution >= 4 is 51.1 Å². The van der Waals surface area contributed by atoms with E-state index in [0.29, 0.717) is 11.6 Å². The summed E-state index contributed by atoms with van der Waals surface area (Å²) >= 11 is 2.28. The molecule has 0 aliphatic rings. The van der Waals surface area contributed by atoms with E-state index in [1.165, 1.54) is 0 Å². The van der Waals surface area contributed by atoms with Gasteiger partial charge in [0.2, 0.25) is 5.95 Å². The molecule has 0 atom stereocenters. The molecule has 0 radical (unpaired) electrons. The number of nitrogens with zero attached hydrogens (tertiary/aromatic N) is 3. The number of rotatable bonds is 3. The molecule has 3 N–H and O–H groups in total. The van der Waals surface area contributed by atoms with Crippen LogP contribution in [0.25, 0.3) is 11.0 Å². The lowest BCUT2D eigenvalue weighted by Crippen LogP contribution is -2.02. The van der Waals surface area contributed by atoms with Gasteiger partial charge in [0.1, 0.15) is 5.82 Å². The van der Waals surface area contributed by atoms with Crippen molar-refractivity contribution in [3.05, 3.63) is 34.0 Å². The van der Waals surface area contributed by atoms with Gasteiger partial charge in [-0.05, 0) is 34.7 Å². The second-order valence-electron chi connectivity index (χ2n) is 3.88. The van der Waals surface area contributed by atoms with Crippen LogP contribution >= 0.6 is 22.6 Å². The summed E-state index contributed by atoms with van der Waals surface area (Å²) in [6.45, 7) is 0. The summed E-state index contributed by atoms with van der Waals surface area (Å²) in [6.07, 6.45) is 1.72. The number of nitrogens with one attached hydrogen (secondary N) is 3. The first kappa shape index (κ1) is 12.2. The molecule has 2 aromatic heterocycles. The van der Waals surface area contributed by atoms with E-state index in [0.717, 1.165) is 20.5 Å². The summed E-state index contributed by atoms with van der Waals surface area (Å²) in [5.74, 6) is 1.28. The number of halogens is 1. The molecule has 7 heteroatoms. The van der Waals surface area contributed by atoms with Crippen molar-refractivity contribution in [2.45, 2.75) is 0 Å². The lowest BCUT2D eigenvalue weighted by Gasteiger charge is -2.09. The fourth-order valence-corrected chi connectivity index (χ4v) is 2.25. The maximum atomic E-state index is 4.43. The highest BCUT2D eigenvalue weighted by Gasteiger charge is 2.10. The Morgan fingerprint density at radius 2 is 2.05 bits per heavy atom. The van der Waals surface area contributed by atoms with E-state index in [2.05, 4.69) is 53.4 Å². The van der Waals surface area contributed by atoms with Crippen molar-refractivity contribution in [3.8, 4) is 0 Å². The first-order chi connectivity index (χ1) is 9.28. The summed E-state index contributed by atoms with van der Waals surface area (Å²) in [7, 11) is 1.79. The minimum Gasteiger partial charge on any atom is -0.357 e. The smallest absolute Gasteiger partial charge is 0.226 e. The zero-order valence-electron chi connectivity index (χ0n) is 10.1. The van der Waals surface area contributed by atoms with Crippen LogP contribution in [0.4, 0.5) is 17.5 Å². The molecule has 96 valence electrons. The van der Waals surface area contributed by atoms with E-state index in [9.17, 15) is 0 Å². The molecule has 0 bridgehead atoms. The van der Waals surface area contributed by atoms with Crippen LogP contribution < -0.4 is 10.6 Å². The van der Waals surface area contributed by atoms with Crippen LogP contribution in [-0.4, -0.2) is 27.2 Å². The van der Waals surface area contributed by atoms with Crippen molar-refractivity contribution < 1.29 is 0 Å². The van der Waals surface area contributed by atoms with Gasteiger partial charge in [-0.1, -0.05) is 12.1 Å². The Morgan fingerprint density at radius 1 is 1.21 bits per heavy atom. The monoisotopic (exact) mass is 366 g/mol. The first-order valence-electron chi connectivity index (χ1n) is 5.68. The maximum absolute atomic E-state index is 4.43. The highest BCUT2D eigenvalue weighted by atomic mass is 127. The Morgan fingerprint density at radius 3 is 2.84 bits per heavy atom. The number of benzene rings is 1. The molecule has 3 rings (SSSR count). The number of aromatic amines is 1. The molecule has 0 amide bonds. The van der Waals surface area contributed by atoms with Gasteiger partial charge < -0.3 is 10.6 Å². The van der Waals surface area contributed by atoms with Crippen LogP contribution in [0.3, 0.4) is 0 Å². The second kappa shape index (κ2) is 5.00. The lowest BCUT2D eigenvalue weighted by molar-refractivity contribution is 1.09. The Labute approximate surface area is 123 Å². The van der Waals surface area contributed by atoms with Gasteiger partial charge in [0.05, 0.1) is 17.3 Å². The van der Waals surface area contributed by atoms with Gasteiger partial charge in [-0.25, -0.2) is 0 Å². The molecular formula is C12H11IN6. The molecule has 0 saturated carbocycles. The largest absolute Gasteiger partial charge is 0.357 e. The van der Waals surface area contributed by atoms with Gasteiger partial charge in [0, 0.05) is 10.6 Å². The van der Waals surface area contributed by atoms with Gasteiger partial charge in [0.25, 0.3) is 0 Å². The van der Waals surface area contributed by atoms with E-state index < -0.39 is 0 Å². The van der Waals surface area contributed by atoms with E-state index >= 15 is 0 Å². The lowest BCUT2D eigenvalue weighted by atomic mass is 10.3. The Balaban J connectivity index is 2.09. The van der Waals surface area contributed by atoms with E-state index in [1.54, 1.807) is 13.2 Å². The summed E-state index contributed by atoms with van der Waals surface area (Å²) in [5, 5.41) is 14.0. The molecule has 0 fully saturated rings. The Hall–Kier alpha value is -1.90. The van der Waals surface area contributed by atoms with E-state index in [1.807, 2.05) is 24.3 Å². The average molecular weight is 366 g/mol. The van der Waals surface area contributed by atoms with E-state index in [-0.39, 0.29) is 0 Å². The number of hydrogen-bond donors (Lipinski definition) is 3. The third-order valence-corrected chi connectivity index (χ3v) is 3.60. The normalized spacial score (nSPS) is 10.6. The van der Waals surface area contributed by atoms with Crippen LogP contribution in [0, 0.1) is 3.57 Å². The first-order valence-corrected chi connectivity index (χ1v) is 6.76. The Kier molecular flexibility index (Phi) is 3.20. The zero-order valence-corrected chi connectivity index (χ0v) is 12.3. The van der Waals surface area contributed by atoms with Crippen molar-refractivity contribution in [2.24, 2.45) is 0 Å². The predicted molar refractivity (Wildman–Crippen MR) is 83.7 cm³/mol. The van der Waals surface area contributed by atoms with Gasteiger partial charge in [-0.2, -0.15) is 15.1 Å². The van der Waals surface area contributed by atoms with Crippen LogP contribution in [0.2, 0.25) is 0 Å². The zero-order chi connectivity index (χ0) is 13.2. The van der Waals surface area contributed by atoms with Gasteiger partial charge in [-0.3, -0.25) is 5.10 Å². The highest BCUT2D eigenvalue weighted by molar-refractivity contribution is 14.1. The summed E-state index contributed by atoms with van der Waals surface area (Å²) in [6, 6.07) is 8.03. The van der Waals surface area contributed by atoms with Crippen LogP contribution in [0.5, 0.6) is 0 Å². The topological polar surface area (TPSA) is 78.5 Å². The molecule has 0 saturated heterocycles. The van der Waals surface area contributed by atoms with Crippen molar-refractivity contribution in [2.75, 3.05) is 17.7 Å². The van der Waals surface area contributed by atoms with Gasteiger partial charge >= 0.3 is 0 Å². The summed E-state index contributed by atoms with van der Waals surface area (Å²) in [5.41, 5.74) is 1.71. The molecule has 0 unspecified atom stereocenters. The molecule has 0 spiro atoms. The fraction of sp³-hybridized carbons (Fsp3) is 0.0833. The second-order valence-corrected chi connectivity index (χ2v) is 5.05. The van der Waals surface area contributed by atoms with Crippen LogP contribution in [0.1, 0.15) is 0 Å². The summed E-state index contributed by atoms with van der Waals surface area (Å²) in [4.78, 5) is 8.73. The number of fused-ring (bicyclic) bond motifs is 1. The standard InChI is InChI=1S/C12H11IN6/c1-14-12-17-10(7-6-15-19-11(7)18-12)16-9-5-3-2-4-8(9)13/h2-6H,1H3,(H3,14,15,16,17,18,19). The van der Waals surface area contributed by atoms with Crippen LogP contribution in [-0.2, 0) is 0 Å². The number of hydrogen-bond acceptors (Lipinski definition) is 5. The minimum atomic E-state index is 0.546. The molecule has 1 aromatic carbocycles. The third kappa shape index (κ3) is 2.33. The molecule has 0 aliphatic heterocycles. The van der Waals surface area contributed by atoms with Crippen molar-refractivity contribution in [3.63, 3.8) is 0 Å². The van der Waals surface area contributed by atoms with Gasteiger partial charge in [-0.15, -0.1) is 0 Å². The van der Waals surface area contributed by atoms with Crippen LogP contribution in [0.15, 0.2) is 30.5 Å². The number of aromatic nitrogens is 4. The predicted octanol–water partition coefficient (Wildman–Crippen LogP) is 2.74. The maximum Gasteiger partial charge on any atom is 0.226 e. The van der Waals surface area contributed by atoms with Gasteiger partial charge in [0.15, 0.2) is 5.65 Å². The fourth-order valence-electron chi connectivity index (χ4n) is 1.73. The molecule has 3 aromatic rings. The molecule has 19 heavy (non-hydrogen) atoms. The quantitative estimate of drug-likeness (QED) is 0.622. The Bertz CT molecular complexity index is 723. The van der Waals surface area contributed by atoms with E-state index in [4.69, 9.17) is 0 Å². The number of H-pyrrole nitrogens is 1. The SMILES string of the molecule is CNc1nc(Nc2ccccc2I)c2cn[nH]c2n1. The summed E-state index contributed by atoms with van der Waals surface area (Å²) < 4.78 is 1.13. The average Bonchev–Trinajstić information content (AvgIpc) is 2.89. The minimum absolute atomic E-state index is 0.546. The third-order valence-electron chi connectivity index (χ3n) is 2.66. The number of para-hydroxylation sites is 1. The highest BCUT2D eigenvalue weighted by Crippen LogP contribution is 2.26. The molecule has 6 nitrogen and oxygen atoms in total. The molecular weight excluding hydrogens is 355 g/mol. The number of anilines is 3.